The molecule has 2 atom stereocenters. The second kappa shape index (κ2) is 8.89. The normalized spacial score (nSPS) is 19.5. The van der Waals surface area contributed by atoms with Crippen molar-refractivity contribution < 1.29 is 24.1 Å². The molecule has 1 fully saturated rings. The van der Waals surface area contributed by atoms with Crippen molar-refractivity contribution in [3.8, 4) is 11.5 Å². The molecule has 8 heteroatoms. The molecule has 1 aliphatic rings. The van der Waals surface area contributed by atoms with Crippen molar-refractivity contribution in [1.29, 1.82) is 0 Å². The van der Waals surface area contributed by atoms with Crippen LogP contribution < -0.4 is 9.47 Å². The van der Waals surface area contributed by atoms with Gasteiger partial charge in [0.1, 0.15) is 11.0 Å². The lowest BCUT2D eigenvalue weighted by Gasteiger charge is -2.40. The van der Waals surface area contributed by atoms with Crippen LogP contribution >= 0.6 is 11.3 Å². The second-order valence-electron chi connectivity index (χ2n) is 6.53. The Balaban J connectivity index is 2.01. The molecule has 1 amide bonds. The van der Waals surface area contributed by atoms with Gasteiger partial charge in [-0.1, -0.05) is 13.0 Å². The highest BCUT2D eigenvalue weighted by Crippen LogP contribution is 2.37. The van der Waals surface area contributed by atoms with E-state index in [-0.39, 0.29) is 12.5 Å². The largest absolute Gasteiger partial charge is 0.493 e. The molecular weight excluding hydrogens is 380 g/mol. The fourth-order valence-corrected chi connectivity index (χ4v) is 4.44. The molecule has 152 valence electrons. The van der Waals surface area contributed by atoms with Gasteiger partial charge in [0.05, 0.1) is 44.2 Å². The third-order valence-corrected chi connectivity index (χ3v) is 6.17. The van der Waals surface area contributed by atoms with Crippen molar-refractivity contribution in [2.45, 2.75) is 32.4 Å². The number of aliphatic hydroxyl groups excluding tert-OH is 1. The average Bonchev–Trinajstić information content (AvgIpc) is 3.12. The van der Waals surface area contributed by atoms with Gasteiger partial charge in [-0.05, 0) is 31.0 Å². The SMILES string of the molecule is CCc1nc(C)c(C(=O)N2CCO[C@H](CO)[C@H]2c2ccc(OC)c(OC)c2)s1. The molecule has 1 saturated heterocycles. The average molecular weight is 407 g/mol. The van der Waals surface area contributed by atoms with Crippen molar-refractivity contribution in [1.82, 2.24) is 9.88 Å². The van der Waals surface area contributed by atoms with Gasteiger partial charge in [-0.15, -0.1) is 11.3 Å². The number of morpholine rings is 1. The van der Waals surface area contributed by atoms with Gasteiger partial charge < -0.3 is 24.2 Å². The van der Waals surface area contributed by atoms with Crippen LogP contribution in [0, 0.1) is 6.92 Å². The number of aryl methyl sites for hydroxylation is 2. The highest BCUT2D eigenvalue weighted by Gasteiger charge is 2.38. The maximum Gasteiger partial charge on any atom is 0.266 e. The van der Waals surface area contributed by atoms with E-state index < -0.39 is 12.1 Å². The van der Waals surface area contributed by atoms with E-state index >= 15 is 0 Å². The maximum atomic E-state index is 13.4. The number of thiazole rings is 1. The van der Waals surface area contributed by atoms with Gasteiger partial charge in [0, 0.05) is 6.54 Å². The van der Waals surface area contributed by atoms with Crippen LogP contribution in [0.3, 0.4) is 0 Å². The topological polar surface area (TPSA) is 81.1 Å². The van der Waals surface area contributed by atoms with Crippen LogP contribution in [-0.2, 0) is 11.2 Å². The Bertz CT molecular complexity index is 838. The minimum atomic E-state index is -0.519. The number of rotatable bonds is 6. The molecule has 0 spiro atoms. The minimum Gasteiger partial charge on any atom is -0.493 e. The first-order valence-electron chi connectivity index (χ1n) is 9.25. The van der Waals surface area contributed by atoms with E-state index in [2.05, 4.69) is 4.98 Å². The molecule has 1 aromatic heterocycles. The number of carbonyl (C=O) groups is 1. The second-order valence-corrected chi connectivity index (χ2v) is 7.61. The first kappa shape index (κ1) is 20.6. The number of amides is 1. The monoisotopic (exact) mass is 406 g/mol. The molecule has 0 unspecified atom stereocenters. The van der Waals surface area contributed by atoms with Crippen LogP contribution in [0.1, 0.15) is 38.9 Å². The molecule has 0 bridgehead atoms. The number of hydrogen-bond donors (Lipinski definition) is 1. The lowest BCUT2D eigenvalue weighted by atomic mass is 9.97. The summed E-state index contributed by atoms with van der Waals surface area (Å²) in [6, 6.07) is 5.07. The first-order chi connectivity index (χ1) is 13.5. The zero-order valence-corrected chi connectivity index (χ0v) is 17.4. The molecule has 1 aromatic carbocycles. The fraction of sp³-hybridized carbons (Fsp3) is 0.500. The van der Waals surface area contributed by atoms with Crippen LogP contribution in [0.4, 0.5) is 0 Å². The number of aromatic nitrogens is 1. The summed E-state index contributed by atoms with van der Waals surface area (Å²) >= 11 is 1.43. The van der Waals surface area contributed by atoms with Crippen LogP contribution in [0.25, 0.3) is 0 Å². The molecule has 0 saturated carbocycles. The zero-order valence-electron chi connectivity index (χ0n) is 16.6. The number of benzene rings is 1. The number of ether oxygens (including phenoxy) is 3. The van der Waals surface area contributed by atoms with Crippen molar-refractivity contribution >= 4 is 17.2 Å². The standard InChI is InChI=1S/C20H26N2O5S/c1-5-17-21-12(2)19(28-17)20(24)22-8-9-27-16(11-23)18(22)13-6-7-14(25-3)15(10-13)26-4/h6-7,10,16,18,23H,5,8-9,11H2,1-4H3/t16-,18-/m1/s1. The van der Waals surface area contributed by atoms with Gasteiger partial charge in [-0.2, -0.15) is 0 Å². The number of nitrogens with zero attached hydrogens (tertiary/aromatic N) is 2. The summed E-state index contributed by atoms with van der Waals surface area (Å²) in [6.07, 6.45) is 0.273. The maximum absolute atomic E-state index is 13.4. The van der Waals surface area contributed by atoms with Gasteiger partial charge in [0.25, 0.3) is 5.91 Å². The Morgan fingerprint density at radius 2 is 2.11 bits per heavy atom. The minimum absolute atomic E-state index is 0.0868. The van der Waals surface area contributed by atoms with E-state index in [1.54, 1.807) is 25.2 Å². The lowest BCUT2D eigenvalue weighted by Crippen LogP contribution is -2.49. The summed E-state index contributed by atoms with van der Waals surface area (Å²) < 4.78 is 16.5. The van der Waals surface area contributed by atoms with E-state index in [9.17, 15) is 9.90 Å². The smallest absolute Gasteiger partial charge is 0.266 e. The zero-order chi connectivity index (χ0) is 20.3. The van der Waals surface area contributed by atoms with Crippen molar-refractivity contribution in [3.63, 3.8) is 0 Å². The summed E-state index contributed by atoms with van der Waals surface area (Å²) in [5.74, 6) is 1.08. The van der Waals surface area contributed by atoms with E-state index in [1.807, 2.05) is 26.0 Å². The summed E-state index contributed by atoms with van der Waals surface area (Å²) in [5, 5.41) is 10.8. The summed E-state index contributed by atoms with van der Waals surface area (Å²) in [6.45, 7) is 4.50. The third kappa shape index (κ3) is 3.85. The van der Waals surface area contributed by atoms with Crippen molar-refractivity contribution in [2.24, 2.45) is 0 Å². The van der Waals surface area contributed by atoms with E-state index in [0.29, 0.717) is 29.5 Å². The molecule has 1 N–H and O–H groups in total. The number of hydrogen-bond acceptors (Lipinski definition) is 7. The van der Waals surface area contributed by atoms with Gasteiger partial charge >= 0.3 is 0 Å². The Hall–Kier alpha value is -2.16. The molecule has 28 heavy (non-hydrogen) atoms. The van der Waals surface area contributed by atoms with Gasteiger partial charge in [0.2, 0.25) is 0 Å². The van der Waals surface area contributed by atoms with Crippen LogP contribution in [0.5, 0.6) is 11.5 Å². The molecule has 2 heterocycles. The molecule has 0 aliphatic carbocycles. The Kier molecular flexibility index (Phi) is 6.53. The van der Waals surface area contributed by atoms with E-state index in [4.69, 9.17) is 14.2 Å². The van der Waals surface area contributed by atoms with E-state index in [1.165, 1.54) is 11.3 Å². The number of carbonyl (C=O) groups excluding carboxylic acids is 1. The summed E-state index contributed by atoms with van der Waals surface area (Å²) in [7, 11) is 3.14. The molecule has 1 aliphatic heterocycles. The molecule has 7 nitrogen and oxygen atoms in total. The van der Waals surface area contributed by atoms with Crippen molar-refractivity contribution in [2.75, 3.05) is 34.0 Å². The first-order valence-corrected chi connectivity index (χ1v) is 10.1. The Morgan fingerprint density at radius 1 is 1.36 bits per heavy atom. The quantitative estimate of drug-likeness (QED) is 0.794. The van der Waals surface area contributed by atoms with Crippen molar-refractivity contribution in [3.05, 3.63) is 39.3 Å². The predicted molar refractivity (Wildman–Crippen MR) is 106 cm³/mol. The molecule has 0 radical (unpaired) electrons. The highest BCUT2D eigenvalue weighted by molar-refractivity contribution is 7.13. The molecule has 3 rings (SSSR count). The third-order valence-electron chi connectivity index (χ3n) is 4.88. The highest BCUT2D eigenvalue weighted by atomic mass is 32.1. The van der Waals surface area contributed by atoms with E-state index in [0.717, 1.165) is 22.7 Å². The van der Waals surface area contributed by atoms with Crippen LogP contribution in [0.2, 0.25) is 0 Å². The summed E-state index contributed by atoms with van der Waals surface area (Å²) in [5.41, 5.74) is 1.56. The van der Waals surface area contributed by atoms with Gasteiger partial charge in [-0.25, -0.2) is 4.98 Å². The van der Waals surface area contributed by atoms with Crippen LogP contribution in [-0.4, -0.2) is 61.0 Å². The number of methoxy groups -OCH3 is 2. The van der Waals surface area contributed by atoms with Gasteiger partial charge in [-0.3, -0.25) is 4.79 Å². The van der Waals surface area contributed by atoms with Crippen LogP contribution in [0.15, 0.2) is 18.2 Å². The Morgan fingerprint density at radius 3 is 2.71 bits per heavy atom. The molecule has 2 aromatic rings. The fourth-order valence-electron chi connectivity index (χ4n) is 3.48. The number of aliphatic hydroxyl groups is 1. The summed E-state index contributed by atoms with van der Waals surface area (Å²) in [4.78, 5) is 20.3. The lowest BCUT2D eigenvalue weighted by molar-refractivity contribution is -0.0810. The van der Waals surface area contributed by atoms with Gasteiger partial charge in [0.15, 0.2) is 11.5 Å². The Labute approximate surface area is 168 Å². The predicted octanol–water partition coefficient (Wildman–Crippen LogP) is 2.61. The molecular formula is C20H26N2O5S.